The van der Waals surface area contributed by atoms with Crippen molar-refractivity contribution in [2.24, 2.45) is 17.8 Å². The molecule has 0 atom stereocenters. The van der Waals surface area contributed by atoms with Gasteiger partial charge in [-0.1, -0.05) is 101 Å². The summed E-state index contributed by atoms with van der Waals surface area (Å²) in [5, 5.41) is 0. The van der Waals surface area contributed by atoms with Gasteiger partial charge in [-0.2, -0.15) is 0 Å². The Morgan fingerprint density at radius 1 is 0.429 bits per heavy atom. The van der Waals surface area contributed by atoms with Crippen molar-refractivity contribution >= 4 is 0 Å². The van der Waals surface area contributed by atoms with Crippen LogP contribution in [-0.2, 0) is 0 Å². The second-order valence-corrected chi connectivity index (χ2v) is 13.3. The minimum absolute atomic E-state index is 0.834. The minimum Gasteiger partial charge on any atom is -0.294 e. The van der Waals surface area contributed by atoms with Crippen LogP contribution in [0, 0.1) is 17.8 Å². The zero-order valence-corrected chi connectivity index (χ0v) is 23.1. The largest absolute Gasteiger partial charge is 0.294 e. The van der Waals surface area contributed by atoms with Gasteiger partial charge in [-0.05, 0) is 94.8 Å². The Bertz CT molecular complexity index is 606. The lowest BCUT2D eigenvalue weighted by Gasteiger charge is -2.48. The summed E-state index contributed by atoms with van der Waals surface area (Å²) in [5.41, 5.74) is 1.87. The van der Waals surface area contributed by atoms with Crippen molar-refractivity contribution in [2.75, 3.05) is 0 Å². The van der Waals surface area contributed by atoms with Gasteiger partial charge >= 0.3 is 0 Å². The third-order valence-corrected chi connectivity index (χ3v) is 11.0. The van der Waals surface area contributed by atoms with Gasteiger partial charge in [-0.25, -0.2) is 0 Å². The van der Waals surface area contributed by atoms with Crippen molar-refractivity contribution in [1.29, 1.82) is 0 Å². The lowest BCUT2D eigenvalue weighted by atomic mass is 9.73. The number of rotatable bonds is 7. The number of hydrogen-bond acceptors (Lipinski definition) is 1. The molecule has 1 nitrogen and oxygen atoms in total. The van der Waals surface area contributed by atoms with Crippen LogP contribution in [0.3, 0.4) is 0 Å². The molecule has 0 aliphatic heterocycles. The molecule has 0 spiro atoms. The summed E-state index contributed by atoms with van der Waals surface area (Å²) in [4.78, 5) is 3.14. The lowest BCUT2D eigenvalue weighted by Crippen LogP contribution is -2.51. The molecule has 0 aromatic rings. The highest BCUT2D eigenvalue weighted by molar-refractivity contribution is 5.20. The maximum atomic E-state index is 3.14. The summed E-state index contributed by atoms with van der Waals surface area (Å²) in [6, 6.07) is 2.72. The van der Waals surface area contributed by atoms with E-state index >= 15 is 0 Å². The SMILES string of the molecule is C(=CC1CCC(N(C2CCCCC2)C2CCCCC2)CC1)C=C(C1CCCCC1)C1CCCCC1. The molecule has 0 amide bonds. The summed E-state index contributed by atoms with van der Waals surface area (Å²) in [5.74, 6) is 2.65. The Labute approximate surface area is 218 Å². The molecule has 1 heteroatoms. The van der Waals surface area contributed by atoms with E-state index in [1.54, 1.807) is 0 Å². The number of hydrogen-bond donors (Lipinski definition) is 0. The maximum absolute atomic E-state index is 3.14. The molecular weight excluding hydrogens is 422 g/mol. The highest BCUT2D eigenvalue weighted by Crippen LogP contribution is 2.40. The first-order valence-corrected chi connectivity index (χ1v) is 16.5. The Balaban J connectivity index is 1.19. The first-order chi connectivity index (χ1) is 17.4. The summed E-state index contributed by atoms with van der Waals surface area (Å²) < 4.78 is 0. The zero-order valence-electron chi connectivity index (χ0n) is 23.1. The third kappa shape index (κ3) is 7.27. The fourth-order valence-electron chi connectivity index (χ4n) is 9.05. The predicted octanol–water partition coefficient (Wildman–Crippen LogP) is 10.2. The molecule has 0 unspecified atom stereocenters. The van der Waals surface area contributed by atoms with Crippen LogP contribution in [0.5, 0.6) is 0 Å². The molecule has 0 aromatic carbocycles. The van der Waals surface area contributed by atoms with Gasteiger partial charge < -0.3 is 0 Å². The van der Waals surface area contributed by atoms with E-state index in [0.717, 1.165) is 35.9 Å². The van der Waals surface area contributed by atoms with Gasteiger partial charge in [-0.3, -0.25) is 4.90 Å². The van der Waals surface area contributed by atoms with Gasteiger partial charge in [0.25, 0.3) is 0 Å². The molecule has 5 fully saturated rings. The van der Waals surface area contributed by atoms with Crippen molar-refractivity contribution in [3.63, 3.8) is 0 Å². The van der Waals surface area contributed by atoms with E-state index in [9.17, 15) is 0 Å². The summed E-state index contributed by atoms with van der Waals surface area (Å²) in [6.45, 7) is 0. The van der Waals surface area contributed by atoms with E-state index in [4.69, 9.17) is 0 Å². The quantitative estimate of drug-likeness (QED) is 0.328. The zero-order chi connectivity index (χ0) is 23.7. The fraction of sp³-hybridized carbons (Fsp3) is 0.882. The molecule has 5 saturated carbocycles. The van der Waals surface area contributed by atoms with Crippen molar-refractivity contribution in [1.82, 2.24) is 4.90 Å². The molecule has 0 saturated heterocycles. The third-order valence-electron chi connectivity index (χ3n) is 11.0. The highest BCUT2D eigenvalue weighted by atomic mass is 15.2. The van der Waals surface area contributed by atoms with Crippen LogP contribution in [0.1, 0.15) is 154 Å². The van der Waals surface area contributed by atoms with E-state index in [-0.39, 0.29) is 0 Å². The molecule has 0 heterocycles. The Kier molecular flexibility index (Phi) is 10.3. The van der Waals surface area contributed by atoms with Crippen molar-refractivity contribution < 1.29 is 0 Å². The van der Waals surface area contributed by atoms with Gasteiger partial charge in [0.15, 0.2) is 0 Å². The molecule has 0 aromatic heterocycles. The van der Waals surface area contributed by atoms with Gasteiger partial charge in [-0.15, -0.1) is 0 Å². The molecule has 5 rings (SSSR count). The van der Waals surface area contributed by atoms with Crippen molar-refractivity contribution in [3.05, 3.63) is 23.8 Å². The van der Waals surface area contributed by atoms with Gasteiger partial charge in [0.1, 0.15) is 0 Å². The summed E-state index contributed by atoms with van der Waals surface area (Å²) >= 11 is 0. The van der Waals surface area contributed by atoms with Gasteiger partial charge in [0, 0.05) is 18.1 Å². The summed E-state index contributed by atoms with van der Waals surface area (Å²) in [6.07, 6.45) is 43.3. The topological polar surface area (TPSA) is 3.24 Å². The molecule has 5 aliphatic rings. The smallest absolute Gasteiger partial charge is 0.0102 e. The first kappa shape index (κ1) is 26.1. The standard InChI is InChI=1S/C34H57N/c1-5-15-29(16-6-1)34(30-17-7-2-8-18-30)23-13-14-28-24-26-33(27-25-28)35(31-19-9-3-10-20-31)32-21-11-4-12-22-32/h13-14,23,28-33H,1-12,15-22,24-27H2. The Morgan fingerprint density at radius 3 is 1.29 bits per heavy atom. The Morgan fingerprint density at radius 2 is 0.829 bits per heavy atom. The van der Waals surface area contributed by atoms with E-state index in [1.807, 2.05) is 5.57 Å². The molecule has 0 radical (unpaired) electrons. The monoisotopic (exact) mass is 479 g/mol. The molecule has 198 valence electrons. The van der Waals surface area contributed by atoms with Gasteiger partial charge in [0.05, 0.1) is 0 Å². The van der Waals surface area contributed by atoms with E-state index in [2.05, 4.69) is 23.1 Å². The average Bonchev–Trinajstić information content (AvgIpc) is 2.94. The summed E-state index contributed by atoms with van der Waals surface area (Å²) in [7, 11) is 0. The van der Waals surface area contributed by atoms with Crippen LogP contribution >= 0.6 is 0 Å². The molecule has 0 bridgehead atoms. The highest BCUT2D eigenvalue weighted by Gasteiger charge is 2.35. The second kappa shape index (κ2) is 13.8. The van der Waals surface area contributed by atoms with E-state index < -0.39 is 0 Å². The molecule has 5 aliphatic carbocycles. The van der Waals surface area contributed by atoms with Crippen LogP contribution in [0.15, 0.2) is 23.8 Å². The van der Waals surface area contributed by atoms with E-state index in [1.165, 1.54) is 154 Å². The van der Waals surface area contributed by atoms with Crippen LogP contribution in [-0.4, -0.2) is 23.0 Å². The first-order valence-electron chi connectivity index (χ1n) is 16.5. The number of nitrogens with zero attached hydrogens (tertiary/aromatic N) is 1. The molecule has 0 N–H and O–H groups in total. The maximum Gasteiger partial charge on any atom is 0.0102 e. The van der Waals surface area contributed by atoms with Crippen LogP contribution in [0.4, 0.5) is 0 Å². The van der Waals surface area contributed by atoms with Gasteiger partial charge in [0.2, 0.25) is 0 Å². The predicted molar refractivity (Wildman–Crippen MR) is 152 cm³/mol. The minimum atomic E-state index is 0.834. The van der Waals surface area contributed by atoms with Crippen LogP contribution in [0.25, 0.3) is 0 Å². The fourth-order valence-corrected chi connectivity index (χ4v) is 9.05. The molecular formula is C34H57N. The lowest BCUT2D eigenvalue weighted by molar-refractivity contribution is 0.0182. The van der Waals surface area contributed by atoms with Crippen molar-refractivity contribution in [3.8, 4) is 0 Å². The second-order valence-electron chi connectivity index (χ2n) is 13.3. The van der Waals surface area contributed by atoms with Crippen LogP contribution in [0.2, 0.25) is 0 Å². The molecule has 35 heavy (non-hydrogen) atoms. The van der Waals surface area contributed by atoms with Crippen LogP contribution < -0.4 is 0 Å². The average molecular weight is 480 g/mol. The normalized spacial score (nSPS) is 31.2. The van der Waals surface area contributed by atoms with E-state index in [0.29, 0.717) is 0 Å². The number of allylic oxidation sites excluding steroid dienone is 4. The Hall–Kier alpha value is -0.560. The van der Waals surface area contributed by atoms with Crippen molar-refractivity contribution in [2.45, 2.75) is 172 Å².